The molecule has 3 atom stereocenters. The summed E-state index contributed by atoms with van der Waals surface area (Å²) in [6.07, 6.45) is 2.34. The first-order chi connectivity index (χ1) is 18.3. The normalized spacial score (nSPS) is 25.8. The summed E-state index contributed by atoms with van der Waals surface area (Å²) < 4.78 is 26.1. The van der Waals surface area contributed by atoms with Crippen molar-refractivity contribution >= 4 is 29.0 Å². The van der Waals surface area contributed by atoms with E-state index in [2.05, 4.69) is 15.2 Å². The maximum atomic E-state index is 14.7. The van der Waals surface area contributed by atoms with E-state index in [4.69, 9.17) is 14.5 Å². The highest BCUT2D eigenvalue weighted by Gasteiger charge is 2.54. The number of benzene rings is 1. The number of piperidine rings is 1. The van der Waals surface area contributed by atoms with Gasteiger partial charge in [0.15, 0.2) is 10.8 Å². The molecule has 0 spiro atoms. The van der Waals surface area contributed by atoms with Crippen LogP contribution in [0.5, 0.6) is 0 Å². The number of halogens is 1. The molecular formula is C27H32FN5O4S. The highest BCUT2D eigenvalue weighted by Crippen LogP contribution is 2.39. The fourth-order valence-electron chi connectivity index (χ4n) is 5.79. The monoisotopic (exact) mass is 541 g/mol. The predicted molar refractivity (Wildman–Crippen MR) is 141 cm³/mol. The third kappa shape index (κ3) is 4.63. The molecule has 38 heavy (non-hydrogen) atoms. The number of esters is 1. The quantitative estimate of drug-likeness (QED) is 0.539. The van der Waals surface area contributed by atoms with Crippen LogP contribution in [0.2, 0.25) is 0 Å². The lowest BCUT2D eigenvalue weighted by Gasteiger charge is -2.42. The standard InChI is InChI=1S/C27H32FN5O4S/c1-5-37-26(35)21-20(13-33-11-9-18-25(34)32(3)14-27(18,15-33)36-4)30-23(24-29-10-12-38-24)31-22(21)17-7-6-8-19(28)16(17)2/h6-8,10,12,18,22H,5,9,11,13-15H2,1-4H3,(H,30,31)/t18-,22-,27+/m0/s1. The summed E-state index contributed by atoms with van der Waals surface area (Å²) in [7, 11) is 3.46. The van der Waals surface area contributed by atoms with E-state index in [9.17, 15) is 14.0 Å². The van der Waals surface area contributed by atoms with Crippen molar-refractivity contribution in [3.63, 3.8) is 0 Å². The molecule has 202 valence electrons. The van der Waals surface area contributed by atoms with Crippen LogP contribution in [0.25, 0.3) is 0 Å². The van der Waals surface area contributed by atoms with E-state index in [-0.39, 0.29) is 24.2 Å². The lowest BCUT2D eigenvalue weighted by atomic mass is 9.83. The number of nitrogens with zero attached hydrogens (tertiary/aromatic N) is 4. The van der Waals surface area contributed by atoms with Crippen LogP contribution in [0.3, 0.4) is 0 Å². The molecule has 2 fully saturated rings. The lowest BCUT2D eigenvalue weighted by Crippen LogP contribution is -2.56. The maximum Gasteiger partial charge on any atom is 0.338 e. The highest BCUT2D eigenvalue weighted by atomic mass is 32.1. The van der Waals surface area contributed by atoms with Crippen molar-refractivity contribution in [3.05, 3.63) is 63.0 Å². The van der Waals surface area contributed by atoms with Crippen molar-refractivity contribution in [1.29, 1.82) is 0 Å². The molecule has 0 unspecified atom stereocenters. The number of hydrogen-bond acceptors (Lipinski definition) is 9. The van der Waals surface area contributed by atoms with Gasteiger partial charge in [0.05, 0.1) is 24.6 Å². The lowest BCUT2D eigenvalue weighted by molar-refractivity contribution is -0.139. The molecule has 1 amide bonds. The number of hydrogen-bond donors (Lipinski definition) is 1. The third-order valence-electron chi connectivity index (χ3n) is 7.69. The number of aliphatic imine (C=N–C) groups is 1. The van der Waals surface area contributed by atoms with Gasteiger partial charge in [0.1, 0.15) is 17.5 Å². The van der Waals surface area contributed by atoms with Gasteiger partial charge in [0, 0.05) is 44.5 Å². The van der Waals surface area contributed by atoms with Gasteiger partial charge in [-0.2, -0.15) is 0 Å². The molecule has 3 aliphatic heterocycles. The first kappa shape index (κ1) is 26.5. The molecule has 2 saturated heterocycles. The number of carbonyl (C=O) groups excluding carboxylic acids is 2. The molecule has 0 aliphatic carbocycles. The van der Waals surface area contributed by atoms with Crippen molar-refractivity contribution in [2.75, 3.05) is 46.9 Å². The van der Waals surface area contributed by atoms with Crippen molar-refractivity contribution < 1.29 is 23.5 Å². The van der Waals surface area contributed by atoms with Crippen LogP contribution in [-0.4, -0.2) is 85.0 Å². The average molecular weight is 542 g/mol. The molecule has 4 heterocycles. The van der Waals surface area contributed by atoms with Crippen LogP contribution >= 0.6 is 11.3 Å². The number of amides is 1. The van der Waals surface area contributed by atoms with Crippen LogP contribution < -0.4 is 5.32 Å². The van der Waals surface area contributed by atoms with Crippen molar-refractivity contribution in [1.82, 2.24) is 20.1 Å². The molecule has 5 rings (SSSR count). The first-order valence-electron chi connectivity index (χ1n) is 12.7. The minimum Gasteiger partial charge on any atom is -0.463 e. The van der Waals surface area contributed by atoms with Gasteiger partial charge in [0.25, 0.3) is 0 Å². The number of ether oxygens (including phenoxy) is 2. The van der Waals surface area contributed by atoms with Gasteiger partial charge in [0.2, 0.25) is 5.91 Å². The summed E-state index contributed by atoms with van der Waals surface area (Å²) in [5.41, 5.74) is 1.37. The van der Waals surface area contributed by atoms with E-state index >= 15 is 0 Å². The number of carbonyl (C=O) groups is 2. The van der Waals surface area contributed by atoms with Gasteiger partial charge in [-0.05, 0) is 44.0 Å². The Morgan fingerprint density at radius 1 is 1.34 bits per heavy atom. The number of methoxy groups -OCH3 is 1. The molecule has 1 aromatic carbocycles. The second-order valence-corrected chi connectivity index (χ2v) is 10.8. The number of aromatic nitrogens is 1. The molecule has 2 aromatic rings. The second-order valence-electron chi connectivity index (χ2n) is 9.92. The predicted octanol–water partition coefficient (Wildman–Crippen LogP) is 2.68. The Morgan fingerprint density at radius 2 is 2.16 bits per heavy atom. The number of thiazole rings is 1. The Labute approximate surface area is 225 Å². The minimum atomic E-state index is -0.770. The van der Waals surface area contributed by atoms with Gasteiger partial charge in [-0.15, -0.1) is 11.3 Å². The van der Waals surface area contributed by atoms with E-state index in [0.29, 0.717) is 65.8 Å². The van der Waals surface area contributed by atoms with Crippen molar-refractivity contribution in [2.45, 2.75) is 31.9 Å². The van der Waals surface area contributed by atoms with Crippen molar-refractivity contribution in [2.24, 2.45) is 10.9 Å². The zero-order valence-corrected chi connectivity index (χ0v) is 22.8. The van der Waals surface area contributed by atoms with Crippen LogP contribution in [0, 0.1) is 18.7 Å². The van der Waals surface area contributed by atoms with Crippen LogP contribution in [0.4, 0.5) is 4.39 Å². The summed E-state index contributed by atoms with van der Waals surface area (Å²) in [6, 6.07) is 4.04. The van der Waals surface area contributed by atoms with Gasteiger partial charge >= 0.3 is 5.97 Å². The summed E-state index contributed by atoms with van der Waals surface area (Å²) in [5.74, 6) is -0.437. The average Bonchev–Trinajstić information content (AvgIpc) is 3.52. The van der Waals surface area contributed by atoms with Crippen LogP contribution in [0.15, 0.2) is 46.0 Å². The van der Waals surface area contributed by atoms with E-state index in [1.54, 1.807) is 51.2 Å². The first-order valence-corrected chi connectivity index (χ1v) is 13.6. The number of fused-ring (bicyclic) bond motifs is 1. The topological polar surface area (TPSA) is 96.4 Å². The van der Waals surface area contributed by atoms with E-state index in [1.807, 2.05) is 5.38 Å². The zero-order chi connectivity index (χ0) is 27.0. The Balaban J connectivity index is 1.56. The van der Waals surface area contributed by atoms with E-state index in [1.165, 1.54) is 17.4 Å². The van der Waals surface area contributed by atoms with Crippen LogP contribution in [0.1, 0.15) is 35.5 Å². The zero-order valence-electron chi connectivity index (χ0n) is 22.0. The van der Waals surface area contributed by atoms with Gasteiger partial charge in [-0.3, -0.25) is 14.7 Å². The largest absolute Gasteiger partial charge is 0.463 e. The molecule has 1 N–H and O–H groups in total. The molecule has 3 aliphatic rings. The fourth-order valence-corrected chi connectivity index (χ4v) is 6.38. The molecule has 0 saturated carbocycles. The van der Waals surface area contributed by atoms with E-state index in [0.717, 1.165) is 0 Å². The summed E-state index contributed by atoms with van der Waals surface area (Å²) in [4.78, 5) is 39.4. The molecule has 11 heteroatoms. The Bertz CT molecular complexity index is 1300. The summed E-state index contributed by atoms with van der Waals surface area (Å²) >= 11 is 1.42. The molecule has 0 bridgehead atoms. The number of amidine groups is 1. The smallest absolute Gasteiger partial charge is 0.338 e. The summed E-state index contributed by atoms with van der Waals surface area (Å²) in [6.45, 7) is 5.70. The Kier molecular flexibility index (Phi) is 7.34. The highest BCUT2D eigenvalue weighted by molar-refractivity contribution is 7.11. The number of rotatable bonds is 7. The molecule has 0 radical (unpaired) electrons. The molecule has 1 aromatic heterocycles. The summed E-state index contributed by atoms with van der Waals surface area (Å²) in [5, 5.41) is 5.88. The SMILES string of the molecule is CCOC(=O)C1=C(CN2CC[C@H]3C(=O)N(C)C[C@@]3(OC)C2)NC(c2nccs2)=N[C@H]1c1cccc(F)c1C. The van der Waals surface area contributed by atoms with Crippen LogP contribution in [-0.2, 0) is 19.1 Å². The number of likely N-dealkylation sites (tertiary alicyclic amines) is 2. The van der Waals surface area contributed by atoms with Gasteiger partial charge in [-0.1, -0.05) is 12.1 Å². The van der Waals surface area contributed by atoms with Crippen molar-refractivity contribution in [3.8, 4) is 0 Å². The molecular weight excluding hydrogens is 509 g/mol. The Morgan fingerprint density at radius 3 is 2.87 bits per heavy atom. The number of nitrogens with one attached hydrogen (secondary N) is 1. The Hall–Kier alpha value is -3.15. The van der Waals surface area contributed by atoms with E-state index < -0.39 is 17.6 Å². The third-order valence-corrected chi connectivity index (χ3v) is 8.47. The van der Waals surface area contributed by atoms with Gasteiger partial charge < -0.3 is 19.7 Å². The number of likely N-dealkylation sites (N-methyl/N-ethyl adjacent to an activating group) is 1. The second kappa shape index (κ2) is 10.5. The maximum absolute atomic E-state index is 14.7. The molecule has 9 nitrogen and oxygen atoms in total. The van der Waals surface area contributed by atoms with Gasteiger partial charge in [-0.25, -0.2) is 14.2 Å². The minimum absolute atomic E-state index is 0.105. The fraction of sp³-hybridized carbons (Fsp3) is 0.481.